The lowest BCUT2D eigenvalue weighted by Crippen LogP contribution is -2.51. The average molecular weight is 559 g/mol. The van der Waals surface area contributed by atoms with Gasteiger partial charge in [-0.2, -0.15) is 0 Å². The Labute approximate surface area is 221 Å². The summed E-state index contributed by atoms with van der Waals surface area (Å²) in [4.78, 5) is 37.6. The zero-order valence-electron chi connectivity index (χ0n) is 24.2. The molecule has 0 unspecified atom stereocenters. The van der Waals surface area contributed by atoms with Crippen LogP contribution < -0.4 is 11.2 Å². The summed E-state index contributed by atoms with van der Waals surface area (Å²) in [7, 11) is -4.61. The number of ether oxygens (including phenoxy) is 1. The van der Waals surface area contributed by atoms with Crippen molar-refractivity contribution >= 4 is 22.6 Å². The summed E-state index contributed by atoms with van der Waals surface area (Å²) < 4.78 is 21.1. The minimum absolute atomic E-state index is 0.0493. The molecule has 4 atom stereocenters. The van der Waals surface area contributed by atoms with Gasteiger partial charge in [-0.25, -0.2) is 9.36 Å². The van der Waals surface area contributed by atoms with Crippen molar-refractivity contribution in [2.45, 2.75) is 122 Å². The number of nitrogens with zero attached hydrogens (tertiary/aromatic N) is 2. The molecule has 1 aliphatic rings. The Morgan fingerprint density at radius 3 is 2.05 bits per heavy atom. The third-order valence-corrected chi connectivity index (χ3v) is 17.2. The van der Waals surface area contributed by atoms with Crippen LogP contribution in [-0.2, 0) is 31.3 Å². The molecule has 2 heterocycles. The molecule has 0 bridgehead atoms. The molecule has 0 radical (unpaired) electrons. The van der Waals surface area contributed by atoms with E-state index in [0.29, 0.717) is 11.0 Å². The molecule has 1 aromatic heterocycles. The molecule has 1 fully saturated rings. The highest BCUT2D eigenvalue weighted by Gasteiger charge is 2.51. The van der Waals surface area contributed by atoms with Crippen LogP contribution in [0.3, 0.4) is 0 Å². The first kappa shape index (κ1) is 31.6. The van der Waals surface area contributed by atoms with Crippen LogP contribution in [0.1, 0.15) is 60.3 Å². The van der Waals surface area contributed by atoms with Crippen LogP contribution in [0, 0.1) is 0 Å². The van der Waals surface area contributed by atoms with Gasteiger partial charge in [0.2, 0.25) is 0 Å². The number of carboxylic acids is 1. The number of hydrogen-bond acceptors (Lipinski definition) is 7. The van der Waals surface area contributed by atoms with Gasteiger partial charge in [0, 0.05) is 11.8 Å². The molecule has 0 aromatic carbocycles. The number of aryl methyl sites for hydroxylation is 1. The molecule has 10 nitrogen and oxygen atoms in total. The fourth-order valence-corrected chi connectivity index (χ4v) is 5.91. The zero-order chi connectivity index (χ0) is 28.7. The normalized spacial score (nSPS) is 23.5. The van der Waals surface area contributed by atoms with E-state index in [4.69, 9.17) is 13.6 Å². The second kappa shape index (κ2) is 10.9. The summed E-state index contributed by atoms with van der Waals surface area (Å²) in [6.45, 7) is 22.0. The summed E-state index contributed by atoms with van der Waals surface area (Å²) in [5.74, 6) is -1.30. The van der Waals surface area contributed by atoms with Crippen molar-refractivity contribution in [1.82, 2.24) is 9.13 Å². The number of carbonyl (C=O) groups is 1. The highest BCUT2D eigenvalue weighted by atomic mass is 28.4. The molecule has 2 rings (SSSR count). The predicted molar refractivity (Wildman–Crippen MR) is 147 cm³/mol. The summed E-state index contributed by atoms with van der Waals surface area (Å²) >= 11 is 0. The number of hydrogen-bond donors (Lipinski definition) is 2. The topological polar surface area (TPSA) is 129 Å². The van der Waals surface area contributed by atoms with Gasteiger partial charge in [-0.3, -0.25) is 14.2 Å². The largest absolute Gasteiger partial charge is 0.480 e. The quantitative estimate of drug-likeness (QED) is 0.442. The van der Waals surface area contributed by atoms with E-state index in [-0.39, 0.29) is 22.2 Å². The van der Waals surface area contributed by atoms with Crippen molar-refractivity contribution in [3.63, 3.8) is 0 Å². The Hall–Kier alpha value is -1.58. The highest BCUT2D eigenvalue weighted by Crippen LogP contribution is 2.42. The molecule has 1 aliphatic heterocycles. The van der Waals surface area contributed by atoms with E-state index in [9.17, 15) is 24.6 Å². The second-order valence-corrected chi connectivity index (χ2v) is 22.5. The first-order valence-electron chi connectivity index (χ1n) is 12.9. The average Bonchev–Trinajstić information content (AvgIpc) is 3.03. The number of aliphatic hydroxyl groups excluding tert-OH is 1. The Balaban J connectivity index is 2.60. The molecule has 0 aliphatic carbocycles. The molecule has 1 aromatic rings. The SMILES string of the molecule is CCc1cn([C@@H]2O[C@H](CO[Si](C)(C)C(C)(C)C)[C@@H](O)[C@H]2O[Si](C)(C)C(C)(C)C)c(=O)n(CC(=O)O)c1=O. The molecule has 212 valence electrons. The summed E-state index contributed by atoms with van der Waals surface area (Å²) in [6, 6.07) is 0. The number of aromatic nitrogens is 2. The minimum Gasteiger partial charge on any atom is -0.480 e. The van der Waals surface area contributed by atoms with E-state index < -0.39 is 64.9 Å². The molecule has 2 N–H and O–H groups in total. The van der Waals surface area contributed by atoms with Crippen molar-refractivity contribution < 1.29 is 28.6 Å². The molecule has 1 saturated heterocycles. The fourth-order valence-electron chi connectivity index (χ4n) is 3.61. The number of rotatable bonds is 9. The monoisotopic (exact) mass is 558 g/mol. The van der Waals surface area contributed by atoms with E-state index in [1.165, 1.54) is 10.8 Å². The lowest BCUT2D eigenvalue weighted by atomic mass is 10.1. The molecular weight excluding hydrogens is 512 g/mol. The highest BCUT2D eigenvalue weighted by molar-refractivity contribution is 6.74. The van der Waals surface area contributed by atoms with Crippen molar-refractivity contribution in [2.75, 3.05) is 6.61 Å². The first-order valence-corrected chi connectivity index (χ1v) is 18.7. The van der Waals surface area contributed by atoms with Crippen LogP contribution in [0.2, 0.25) is 36.3 Å². The molecular formula is C25H46N2O8Si2. The Bertz CT molecular complexity index is 1100. The van der Waals surface area contributed by atoms with Crippen LogP contribution in [0.5, 0.6) is 0 Å². The lowest BCUT2D eigenvalue weighted by Gasteiger charge is -2.40. The third kappa shape index (κ3) is 6.71. The van der Waals surface area contributed by atoms with E-state index >= 15 is 0 Å². The van der Waals surface area contributed by atoms with E-state index in [1.54, 1.807) is 6.92 Å². The van der Waals surface area contributed by atoms with Gasteiger partial charge in [-0.05, 0) is 42.7 Å². The van der Waals surface area contributed by atoms with E-state index in [0.717, 1.165) is 0 Å². The fraction of sp³-hybridized carbons (Fsp3) is 0.800. The van der Waals surface area contributed by atoms with Gasteiger partial charge in [0.25, 0.3) is 5.56 Å². The lowest BCUT2D eigenvalue weighted by molar-refractivity contribution is -0.137. The van der Waals surface area contributed by atoms with Crippen molar-refractivity contribution in [2.24, 2.45) is 0 Å². The summed E-state index contributed by atoms with van der Waals surface area (Å²) in [6.07, 6.45) is -2.15. The van der Waals surface area contributed by atoms with Crippen LogP contribution in [-0.4, -0.2) is 66.9 Å². The van der Waals surface area contributed by atoms with Crippen LogP contribution in [0.25, 0.3) is 0 Å². The second-order valence-electron chi connectivity index (χ2n) is 13.0. The van der Waals surface area contributed by atoms with Gasteiger partial charge in [-0.15, -0.1) is 0 Å². The van der Waals surface area contributed by atoms with Gasteiger partial charge in [0.1, 0.15) is 24.9 Å². The van der Waals surface area contributed by atoms with Crippen molar-refractivity contribution in [1.29, 1.82) is 0 Å². The minimum atomic E-state index is -2.45. The van der Waals surface area contributed by atoms with E-state index in [2.05, 4.69) is 54.6 Å². The molecule has 0 amide bonds. The van der Waals surface area contributed by atoms with Gasteiger partial charge in [0.05, 0.1) is 6.61 Å². The Kier molecular flexibility index (Phi) is 9.31. The van der Waals surface area contributed by atoms with Crippen LogP contribution in [0.4, 0.5) is 0 Å². The van der Waals surface area contributed by atoms with Crippen molar-refractivity contribution in [3.05, 3.63) is 32.6 Å². The van der Waals surface area contributed by atoms with Crippen LogP contribution >= 0.6 is 0 Å². The van der Waals surface area contributed by atoms with E-state index in [1.807, 2.05) is 13.1 Å². The van der Waals surface area contributed by atoms with Gasteiger partial charge >= 0.3 is 11.7 Å². The number of aliphatic carboxylic acids is 1. The van der Waals surface area contributed by atoms with Crippen LogP contribution in [0.15, 0.2) is 15.8 Å². The summed E-state index contributed by atoms with van der Waals surface area (Å²) in [5.41, 5.74) is -1.20. The standard InChI is InChI=1S/C25H46N2O8Si2/c1-12-16-13-27(23(32)26(21(16)31)14-18(28)29)22-20(35-37(10,11)25(5,6)7)19(30)17(34-22)15-33-36(8,9)24(2,3)4/h13,17,19-20,22,30H,12,14-15H2,1-11H3,(H,28,29)/t17-,19-,20-,22-/m1/s1. The predicted octanol–water partition coefficient (Wildman–Crippen LogP) is 3.33. The third-order valence-electron chi connectivity index (χ3n) is 8.18. The smallest absolute Gasteiger partial charge is 0.333 e. The molecule has 12 heteroatoms. The maximum absolute atomic E-state index is 13.4. The first-order chi connectivity index (χ1) is 16.6. The summed E-state index contributed by atoms with van der Waals surface area (Å²) in [5, 5.41) is 20.5. The number of carboxylic acid groups (broad SMARTS) is 1. The maximum Gasteiger partial charge on any atom is 0.333 e. The molecule has 37 heavy (non-hydrogen) atoms. The maximum atomic E-state index is 13.4. The Morgan fingerprint density at radius 1 is 1.05 bits per heavy atom. The molecule has 0 saturated carbocycles. The molecule has 0 spiro atoms. The Morgan fingerprint density at radius 2 is 1.59 bits per heavy atom. The van der Waals surface area contributed by atoms with Gasteiger partial charge in [-0.1, -0.05) is 48.5 Å². The number of aliphatic hydroxyl groups is 1. The van der Waals surface area contributed by atoms with Gasteiger partial charge < -0.3 is 23.8 Å². The van der Waals surface area contributed by atoms with Gasteiger partial charge in [0.15, 0.2) is 22.9 Å². The zero-order valence-corrected chi connectivity index (χ0v) is 26.2. The van der Waals surface area contributed by atoms with Crippen molar-refractivity contribution in [3.8, 4) is 0 Å².